The maximum Gasteiger partial charge on any atom is 0.408 e. The van der Waals surface area contributed by atoms with Crippen LogP contribution in [0.25, 0.3) is 0 Å². The number of nitrogens with one attached hydrogen (secondary N) is 2. The molecule has 1 aliphatic heterocycles. The summed E-state index contributed by atoms with van der Waals surface area (Å²) >= 11 is 0. The number of ether oxygens (including phenoxy) is 1. The fraction of sp³-hybridized carbons (Fsp3) is 0.840. The molecule has 0 bridgehead atoms. The maximum absolute atomic E-state index is 13.6. The van der Waals surface area contributed by atoms with Crippen molar-refractivity contribution in [3.63, 3.8) is 0 Å². The average Bonchev–Trinajstić information content (AvgIpc) is 3.07. The number of carboxylic acids is 1. The molecule has 3 aliphatic rings. The summed E-state index contributed by atoms with van der Waals surface area (Å²) in [5, 5.41) is 15.2. The summed E-state index contributed by atoms with van der Waals surface area (Å²) in [6, 6.07) is -1.62. The lowest BCUT2D eigenvalue weighted by Gasteiger charge is -2.35. The van der Waals surface area contributed by atoms with E-state index in [0.29, 0.717) is 44.1 Å². The molecular weight excluding hydrogens is 438 g/mol. The third-order valence-corrected chi connectivity index (χ3v) is 8.05. The van der Waals surface area contributed by atoms with Crippen LogP contribution in [-0.4, -0.2) is 64.2 Å². The second-order valence-electron chi connectivity index (χ2n) is 11.7. The third kappa shape index (κ3) is 5.33. The van der Waals surface area contributed by atoms with E-state index in [1.165, 1.54) is 4.90 Å². The first-order valence-electron chi connectivity index (χ1n) is 12.6. The Morgan fingerprint density at radius 1 is 1.15 bits per heavy atom. The van der Waals surface area contributed by atoms with Crippen molar-refractivity contribution < 1.29 is 29.0 Å². The van der Waals surface area contributed by atoms with E-state index in [9.17, 15) is 24.3 Å². The van der Waals surface area contributed by atoms with Crippen LogP contribution in [0.2, 0.25) is 0 Å². The topological polar surface area (TPSA) is 125 Å². The number of likely N-dealkylation sites (tertiary alicyclic amines) is 1. The monoisotopic (exact) mass is 479 g/mol. The highest BCUT2D eigenvalue weighted by Crippen LogP contribution is 2.46. The van der Waals surface area contributed by atoms with Crippen LogP contribution in [0.5, 0.6) is 0 Å². The predicted octanol–water partition coefficient (Wildman–Crippen LogP) is 2.92. The van der Waals surface area contributed by atoms with E-state index in [1.807, 2.05) is 27.7 Å². The summed E-state index contributed by atoms with van der Waals surface area (Å²) in [6.45, 7) is 12.1. The summed E-state index contributed by atoms with van der Waals surface area (Å²) in [5.41, 5.74) is -1.84. The molecule has 2 aliphatic carbocycles. The van der Waals surface area contributed by atoms with Crippen molar-refractivity contribution in [2.24, 2.45) is 23.2 Å². The van der Waals surface area contributed by atoms with Gasteiger partial charge in [0.25, 0.3) is 0 Å². The number of nitrogens with zero attached hydrogens (tertiary/aromatic N) is 1. The Hall–Kier alpha value is -2.32. The molecule has 3 fully saturated rings. The number of carbonyl (C=O) groups is 4. The minimum Gasteiger partial charge on any atom is -0.479 e. The Bertz CT molecular complexity index is 814. The molecule has 3 N–H and O–H groups in total. The lowest BCUT2D eigenvalue weighted by molar-refractivity contribution is -0.146. The van der Waals surface area contributed by atoms with Crippen molar-refractivity contribution in [1.29, 1.82) is 0 Å². The number of aliphatic carboxylic acids is 1. The van der Waals surface area contributed by atoms with E-state index in [-0.39, 0.29) is 17.9 Å². The molecule has 0 aromatic carbocycles. The highest BCUT2D eigenvalue weighted by Gasteiger charge is 2.61. The van der Waals surface area contributed by atoms with Gasteiger partial charge in [0, 0.05) is 6.54 Å². The Morgan fingerprint density at radius 3 is 2.26 bits per heavy atom. The van der Waals surface area contributed by atoms with Crippen LogP contribution < -0.4 is 10.6 Å². The molecule has 34 heavy (non-hydrogen) atoms. The second-order valence-corrected chi connectivity index (χ2v) is 11.7. The van der Waals surface area contributed by atoms with Gasteiger partial charge >= 0.3 is 12.1 Å². The smallest absolute Gasteiger partial charge is 0.408 e. The van der Waals surface area contributed by atoms with Gasteiger partial charge < -0.3 is 25.4 Å². The molecule has 0 radical (unpaired) electrons. The van der Waals surface area contributed by atoms with E-state index in [4.69, 9.17) is 4.74 Å². The Labute approximate surface area is 202 Å². The molecule has 0 aromatic rings. The van der Waals surface area contributed by atoms with Gasteiger partial charge in [0.2, 0.25) is 11.8 Å². The molecular formula is C25H41N3O6. The van der Waals surface area contributed by atoms with Crippen molar-refractivity contribution in [3.05, 3.63) is 0 Å². The van der Waals surface area contributed by atoms with Gasteiger partial charge in [-0.15, -0.1) is 0 Å². The largest absolute Gasteiger partial charge is 0.479 e. The Kier molecular flexibility index (Phi) is 7.53. The summed E-state index contributed by atoms with van der Waals surface area (Å²) in [7, 11) is 0. The maximum atomic E-state index is 13.6. The zero-order chi connectivity index (χ0) is 25.4. The van der Waals surface area contributed by atoms with Crippen LogP contribution in [0.4, 0.5) is 4.79 Å². The molecule has 192 valence electrons. The summed E-state index contributed by atoms with van der Waals surface area (Å²) in [5.74, 6) is -0.949. The molecule has 0 spiro atoms. The van der Waals surface area contributed by atoms with E-state index < -0.39 is 41.0 Å². The van der Waals surface area contributed by atoms with E-state index in [2.05, 4.69) is 24.5 Å². The first-order valence-corrected chi connectivity index (χ1v) is 12.6. The number of amides is 3. The highest BCUT2D eigenvalue weighted by molar-refractivity contribution is 5.96. The summed E-state index contributed by atoms with van der Waals surface area (Å²) < 4.78 is 5.62. The van der Waals surface area contributed by atoms with Gasteiger partial charge in [-0.2, -0.15) is 0 Å². The standard InChI is InChI=1S/C25H41N3O6/c1-7-16-13-25(16,22(31)32)27-20(29)18-9-8-10-28(18)21(30)19(24(4,5)6)26-23(33)34-17-11-14(2)15(3)12-17/h14-19H,7-13H2,1-6H3,(H,26,33)(H,27,29)(H,31,32)/t14-,15?,16-,17+,18+,19-,25-/m1/s1. The van der Waals surface area contributed by atoms with Crippen molar-refractivity contribution in [3.8, 4) is 0 Å². The van der Waals surface area contributed by atoms with Crippen molar-refractivity contribution in [2.75, 3.05) is 6.54 Å². The molecule has 1 saturated heterocycles. The van der Waals surface area contributed by atoms with Gasteiger partial charge in [-0.25, -0.2) is 9.59 Å². The fourth-order valence-electron chi connectivity index (χ4n) is 5.50. The van der Waals surface area contributed by atoms with Crippen LogP contribution in [0, 0.1) is 23.2 Å². The normalized spacial score (nSPS) is 33.8. The number of rotatable bonds is 7. The van der Waals surface area contributed by atoms with Crippen LogP contribution in [0.1, 0.15) is 80.1 Å². The quantitative estimate of drug-likeness (QED) is 0.516. The molecule has 9 nitrogen and oxygen atoms in total. The van der Waals surface area contributed by atoms with Crippen LogP contribution in [-0.2, 0) is 19.1 Å². The van der Waals surface area contributed by atoms with E-state index in [0.717, 1.165) is 12.8 Å². The molecule has 1 heterocycles. The SMILES string of the molecule is CC[C@@H]1C[C@]1(NC(=O)[C@@H]1CCCN1C(=O)[C@@H](NC(=O)O[C@@H]1CC(C)[C@H](C)C1)C(C)(C)C)C(=O)O. The van der Waals surface area contributed by atoms with Gasteiger partial charge in [0.15, 0.2) is 0 Å². The number of alkyl carbamates (subject to hydrolysis) is 1. The highest BCUT2D eigenvalue weighted by atomic mass is 16.6. The molecule has 9 heteroatoms. The molecule has 0 aromatic heterocycles. The fourth-order valence-corrected chi connectivity index (χ4v) is 5.50. The van der Waals surface area contributed by atoms with Crippen molar-refractivity contribution in [2.45, 2.75) is 104 Å². The first-order chi connectivity index (χ1) is 15.8. The Morgan fingerprint density at radius 2 is 1.76 bits per heavy atom. The van der Waals surface area contributed by atoms with Crippen molar-refractivity contribution in [1.82, 2.24) is 15.5 Å². The number of carboxylic acid groups (broad SMARTS) is 1. The Balaban J connectivity index is 1.68. The molecule has 3 rings (SSSR count). The zero-order valence-electron chi connectivity index (χ0n) is 21.3. The molecule has 3 amide bonds. The lowest BCUT2D eigenvalue weighted by Crippen LogP contribution is -2.59. The predicted molar refractivity (Wildman–Crippen MR) is 126 cm³/mol. The summed E-state index contributed by atoms with van der Waals surface area (Å²) in [4.78, 5) is 52.7. The molecule has 1 unspecified atom stereocenters. The number of hydrogen-bond acceptors (Lipinski definition) is 5. The van der Waals surface area contributed by atoms with Gasteiger partial charge in [-0.3, -0.25) is 9.59 Å². The minimum absolute atomic E-state index is 0.0979. The van der Waals surface area contributed by atoms with Gasteiger partial charge in [-0.05, 0) is 55.3 Å². The first kappa shape index (κ1) is 26.3. The summed E-state index contributed by atoms with van der Waals surface area (Å²) in [6.07, 6.45) is 3.00. The van der Waals surface area contributed by atoms with Crippen LogP contribution in [0.15, 0.2) is 0 Å². The lowest BCUT2D eigenvalue weighted by atomic mass is 9.85. The molecule has 2 saturated carbocycles. The van der Waals surface area contributed by atoms with Crippen molar-refractivity contribution >= 4 is 23.9 Å². The van der Waals surface area contributed by atoms with Gasteiger partial charge in [0.05, 0.1) is 0 Å². The number of carbonyl (C=O) groups excluding carboxylic acids is 3. The second kappa shape index (κ2) is 9.74. The third-order valence-electron chi connectivity index (χ3n) is 8.05. The van der Waals surface area contributed by atoms with Gasteiger partial charge in [0.1, 0.15) is 23.7 Å². The van der Waals surface area contributed by atoms with E-state index in [1.54, 1.807) is 0 Å². The van der Waals surface area contributed by atoms with E-state index >= 15 is 0 Å². The molecule has 7 atom stereocenters. The van der Waals surface area contributed by atoms with Gasteiger partial charge in [-0.1, -0.05) is 48.0 Å². The average molecular weight is 480 g/mol. The van der Waals surface area contributed by atoms with Crippen LogP contribution >= 0.6 is 0 Å². The minimum atomic E-state index is -1.23. The zero-order valence-corrected chi connectivity index (χ0v) is 21.3. The number of hydrogen-bond donors (Lipinski definition) is 3. The van der Waals surface area contributed by atoms with Crippen LogP contribution in [0.3, 0.4) is 0 Å².